The number of amides is 3. The number of aliphatic hydroxyl groups is 1. The van der Waals surface area contributed by atoms with Crippen LogP contribution in [-0.2, 0) is 25.6 Å². The molecule has 1 aromatic heterocycles. The molecule has 3 unspecified atom stereocenters. The fourth-order valence-electron chi connectivity index (χ4n) is 3.12. The first kappa shape index (κ1) is 24.8. The highest BCUT2D eigenvalue weighted by Crippen LogP contribution is 2.19. The largest absolute Gasteiger partial charge is 0.480 e. The molecule has 0 spiro atoms. The van der Waals surface area contributed by atoms with Crippen molar-refractivity contribution in [3.8, 4) is 0 Å². The number of carbonyl (C=O) groups excluding carboxylic acids is 3. The summed E-state index contributed by atoms with van der Waals surface area (Å²) in [6, 6.07) is 4.05. The van der Waals surface area contributed by atoms with E-state index in [0.717, 1.165) is 16.5 Å². The number of carboxylic acid groups (broad SMARTS) is 1. The second-order valence-electron chi connectivity index (χ2n) is 7.76. The van der Waals surface area contributed by atoms with Crippen LogP contribution in [0.3, 0.4) is 0 Å². The lowest BCUT2D eigenvalue weighted by Crippen LogP contribution is -2.55. The van der Waals surface area contributed by atoms with E-state index >= 15 is 0 Å². The molecule has 0 bridgehead atoms. The predicted octanol–water partition coefficient (Wildman–Crippen LogP) is -1.14. The Hall–Kier alpha value is -3.44. The third-order valence-electron chi connectivity index (χ3n) is 4.94. The van der Waals surface area contributed by atoms with Gasteiger partial charge < -0.3 is 36.9 Å². The first-order valence-corrected chi connectivity index (χ1v) is 10.2. The number of benzene rings is 1. The van der Waals surface area contributed by atoms with Crippen molar-refractivity contribution in [2.24, 2.45) is 11.7 Å². The van der Waals surface area contributed by atoms with Crippen molar-refractivity contribution < 1.29 is 29.4 Å². The van der Waals surface area contributed by atoms with Crippen molar-refractivity contribution in [1.29, 1.82) is 0 Å². The number of rotatable bonds is 11. The van der Waals surface area contributed by atoms with Crippen LogP contribution < -0.4 is 21.7 Å². The van der Waals surface area contributed by atoms with Gasteiger partial charge in [-0.3, -0.25) is 14.4 Å². The molecule has 1 aromatic carbocycles. The molecule has 2 aromatic rings. The lowest BCUT2D eigenvalue weighted by atomic mass is 10.0. The quantitative estimate of drug-likeness (QED) is 0.227. The van der Waals surface area contributed by atoms with E-state index in [0.29, 0.717) is 0 Å². The Morgan fingerprint density at radius 1 is 1.09 bits per heavy atom. The molecular formula is C21H29N5O6. The SMILES string of the molecule is CC(C)C(NC(=O)CNC(=O)C(Cc1c[nH]c2ccccc12)NC(=O)C(N)CO)C(=O)O. The standard InChI is InChI=1S/C21H29N5O6/c1-11(2)18(21(31)32)26-17(28)9-24-20(30)16(25-19(29)14(22)10-27)7-12-8-23-15-6-4-3-5-13(12)15/h3-6,8,11,14,16,18,23,27H,7,9-10,22H2,1-2H3,(H,24,30)(H,25,29)(H,26,28)(H,31,32). The minimum absolute atomic E-state index is 0.102. The van der Waals surface area contributed by atoms with Crippen LogP contribution in [0.15, 0.2) is 30.5 Å². The number of hydrogen-bond acceptors (Lipinski definition) is 6. The van der Waals surface area contributed by atoms with Crippen molar-refractivity contribution in [2.75, 3.05) is 13.2 Å². The number of aliphatic hydroxyl groups excluding tert-OH is 1. The zero-order chi connectivity index (χ0) is 23.8. The first-order chi connectivity index (χ1) is 15.1. The molecule has 1 heterocycles. The molecule has 174 valence electrons. The Kier molecular flexibility index (Phi) is 8.73. The molecule has 11 nitrogen and oxygen atoms in total. The maximum atomic E-state index is 12.8. The summed E-state index contributed by atoms with van der Waals surface area (Å²) in [7, 11) is 0. The van der Waals surface area contributed by atoms with E-state index < -0.39 is 55.0 Å². The highest BCUT2D eigenvalue weighted by molar-refractivity contribution is 5.93. The van der Waals surface area contributed by atoms with Gasteiger partial charge in [0.15, 0.2) is 0 Å². The van der Waals surface area contributed by atoms with Crippen molar-refractivity contribution in [3.05, 3.63) is 36.0 Å². The van der Waals surface area contributed by atoms with Crippen molar-refractivity contribution >= 4 is 34.6 Å². The topological polar surface area (TPSA) is 187 Å². The maximum Gasteiger partial charge on any atom is 0.326 e. The zero-order valence-electron chi connectivity index (χ0n) is 17.9. The Labute approximate surface area is 184 Å². The number of nitrogens with one attached hydrogen (secondary N) is 4. The summed E-state index contributed by atoms with van der Waals surface area (Å²) in [4.78, 5) is 51.4. The van der Waals surface area contributed by atoms with Crippen LogP contribution in [0.4, 0.5) is 0 Å². The minimum atomic E-state index is -1.21. The highest BCUT2D eigenvalue weighted by atomic mass is 16.4. The second kappa shape index (κ2) is 11.3. The minimum Gasteiger partial charge on any atom is -0.480 e. The van der Waals surface area contributed by atoms with Gasteiger partial charge in [0.05, 0.1) is 13.2 Å². The van der Waals surface area contributed by atoms with Crippen molar-refractivity contribution in [2.45, 2.75) is 38.4 Å². The number of carbonyl (C=O) groups is 4. The molecule has 8 N–H and O–H groups in total. The van der Waals surface area contributed by atoms with E-state index in [2.05, 4.69) is 20.9 Å². The molecule has 11 heteroatoms. The Bertz CT molecular complexity index is 972. The van der Waals surface area contributed by atoms with Gasteiger partial charge in [-0.15, -0.1) is 0 Å². The number of carboxylic acids is 1. The lowest BCUT2D eigenvalue weighted by Gasteiger charge is -2.21. The fraction of sp³-hybridized carbons (Fsp3) is 0.429. The van der Waals surface area contributed by atoms with Crippen molar-refractivity contribution in [3.63, 3.8) is 0 Å². The van der Waals surface area contributed by atoms with E-state index in [-0.39, 0.29) is 12.3 Å². The van der Waals surface area contributed by atoms with Gasteiger partial charge in [-0.1, -0.05) is 32.0 Å². The molecule has 32 heavy (non-hydrogen) atoms. The molecule has 3 amide bonds. The molecule has 0 aliphatic heterocycles. The van der Waals surface area contributed by atoms with Crippen LogP contribution >= 0.6 is 0 Å². The van der Waals surface area contributed by atoms with Gasteiger partial charge in [0.2, 0.25) is 17.7 Å². The first-order valence-electron chi connectivity index (χ1n) is 10.2. The van der Waals surface area contributed by atoms with Gasteiger partial charge in [0, 0.05) is 23.5 Å². The predicted molar refractivity (Wildman–Crippen MR) is 116 cm³/mol. The molecule has 0 aliphatic carbocycles. The van der Waals surface area contributed by atoms with Gasteiger partial charge in [0.1, 0.15) is 18.1 Å². The van der Waals surface area contributed by atoms with Crippen LogP contribution in [0.1, 0.15) is 19.4 Å². The normalized spacial score (nSPS) is 13.9. The number of fused-ring (bicyclic) bond motifs is 1. The molecule has 0 saturated heterocycles. The zero-order valence-corrected chi connectivity index (χ0v) is 17.9. The Balaban J connectivity index is 2.10. The van der Waals surface area contributed by atoms with E-state index in [1.807, 2.05) is 24.3 Å². The third kappa shape index (κ3) is 6.53. The molecule has 2 rings (SSSR count). The van der Waals surface area contributed by atoms with Gasteiger partial charge in [-0.05, 0) is 17.5 Å². The number of aliphatic carboxylic acids is 1. The summed E-state index contributed by atoms with van der Waals surface area (Å²) in [5, 5.41) is 26.4. The third-order valence-corrected chi connectivity index (χ3v) is 4.94. The van der Waals surface area contributed by atoms with E-state index in [1.165, 1.54) is 0 Å². The van der Waals surface area contributed by atoms with E-state index in [1.54, 1.807) is 20.0 Å². The average Bonchev–Trinajstić information content (AvgIpc) is 3.17. The summed E-state index contributed by atoms with van der Waals surface area (Å²) in [6.07, 6.45) is 1.82. The van der Waals surface area contributed by atoms with E-state index in [4.69, 9.17) is 10.8 Å². The molecular weight excluding hydrogens is 418 g/mol. The summed E-state index contributed by atoms with van der Waals surface area (Å²) < 4.78 is 0. The van der Waals surface area contributed by atoms with Crippen LogP contribution in [0.25, 0.3) is 10.9 Å². The monoisotopic (exact) mass is 447 g/mol. The van der Waals surface area contributed by atoms with Crippen LogP contribution in [0, 0.1) is 5.92 Å². The van der Waals surface area contributed by atoms with Crippen LogP contribution in [0.2, 0.25) is 0 Å². The van der Waals surface area contributed by atoms with Crippen LogP contribution in [0.5, 0.6) is 0 Å². The molecule has 0 radical (unpaired) electrons. The number of H-pyrrole nitrogens is 1. The summed E-state index contributed by atoms with van der Waals surface area (Å²) >= 11 is 0. The Morgan fingerprint density at radius 3 is 2.41 bits per heavy atom. The van der Waals surface area contributed by atoms with Crippen LogP contribution in [-0.4, -0.2) is 70.2 Å². The number of hydrogen-bond donors (Lipinski definition) is 7. The Morgan fingerprint density at radius 2 is 1.78 bits per heavy atom. The van der Waals surface area contributed by atoms with Gasteiger partial charge >= 0.3 is 5.97 Å². The number of aromatic amines is 1. The smallest absolute Gasteiger partial charge is 0.326 e. The summed E-state index contributed by atoms with van der Waals surface area (Å²) in [6.45, 7) is 2.23. The lowest BCUT2D eigenvalue weighted by molar-refractivity contribution is -0.143. The number of nitrogens with two attached hydrogens (primary N) is 1. The highest BCUT2D eigenvalue weighted by Gasteiger charge is 2.27. The van der Waals surface area contributed by atoms with E-state index in [9.17, 15) is 24.3 Å². The average molecular weight is 447 g/mol. The number of para-hydroxylation sites is 1. The van der Waals surface area contributed by atoms with Gasteiger partial charge in [-0.25, -0.2) is 4.79 Å². The summed E-state index contributed by atoms with van der Waals surface area (Å²) in [5.74, 6) is -3.57. The second-order valence-corrected chi connectivity index (χ2v) is 7.76. The maximum absolute atomic E-state index is 12.8. The van der Waals surface area contributed by atoms with Gasteiger partial charge in [0.25, 0.3) is 0 Å². The van der Waals surface area contributed by atoms with Gasteiger partial charge in [-0.2, -0.15) is 0 Å². The number of aromatic nitrogens is 1. The molecule has 3 atom stereocenters. The fourth-order valence-corrected chi connectivity index (χ4v) is 3.12. The summed E-state index contributed by atoms with van der Waals surface area (Å²) in [5.41, 5.74) is 7.16. The molecule has 0 fully saturated rings. The molecule has 0 saturated carbocycles. The molecule has 0 aliphatic rings. The van der Waals surface area contributed by atoms with Crippen molar-refractivity contribution in [1.82, 2.24) is 20.9 Å².